The second-order valence-corrected chi connectivity index (χ2v) is 24.4. The number of amides is 4. The number of likely N-dealkylation sites (tertiary alicyclic amines) is 4. The maximum absolute atomic E-state index is 12.3. The van der Waals surface area contributed by atoms with Crippen LogP contribution in [0.2, 0.25) is 0 Å². The van der Waals surface area contributed by atoms with Gasteiger partial charge in [0.2, 0.25) is 11.1 Å². The SMILES string of the molecule is CC(=O)[C@H]1CCN(C(=O)OC(C)(C)C)C[C@@H]1CC(=O)CCCCBr.CC(=O)[C@H]1CCN(C(=O)OC(C)(C)C)C[C@@H]1N1CCCCC1=O.CCOC(=O)[C@H]1CCN(C(=O)OC(C)(C)C)C[C@@H]1N.O=C(Cl)CCCCBr. The van der Waals surface area contributed by atoms with Crippen LogP contribution in [0, 0.1) is 23.7 Å². The maximum Gasteiger partial charge on any atom is 0.410 e. The summed E-state index contributed by atoms with van der Waals surface area (Å²) in [6, 6.07) is -0.623. The van der Waals surface area contributed by atoms with Gasteiger partial charge in [0.1, 0.15) is 34.2 Å². The van der Waals surface area contributed by atoms with Gasteiger partial charge in [-0.1, -0.05) is 31.9 Å². The molecule has 0 saturated carbocycles. The smallest absolute Gasteiger partial charge is 0.410 e. The van der Waals surface area contributed by atoms with Crippen molar-refractivity contribution in [2.75, 3.05) is 63.1 Å². The number of ether oxygens (including phenoxy) is 4. The average Bonchev–Trinajstić information content (AvgIpc) is 3.28. The van der Waals surface area contributed by atoms with Gasteiger partial charge in [0.15, 0.2) is 0 Å². The number of carbonyl (C=O) groups excluding carboxylic acids is 9. The summed E-state index contributed by atoms with van der Waals surface area (Å²) in [5, 5.41) is 1.62. The average molecular weight is 1200 g/mol. The number of Topliss-reactive ketones (excluding diaryl/α,β-unsaturated/α-hetero) is 3. The molecule has 18 nitrogen and oxygen atoms in total. The number of nitrogens with zero attached hydrogens (tertiary/aromatic N) is 4. The number of piperidine rings is 4. The van der Waals surface area contributed by atoms with Gasteiger partial charge in [0.25, 0.3) is 0 Å². The van der Waals surface area contributed by atoms with Gasteiger partial charge in [-0.15, -0.1) is 0 Å². The molecule has 4 saturated heterocycles. The fourth-order valence-corrected chi connectivity index (χ4v) is 9.77. The van der Waals surface area contributed by atoms with Crippen molar-refractivity contribution < 1.29 is 62.1 Å². The Morgan fingerprint density at radius 3 is 1.49 bits per heavy atom. The Balaban J connectivity index is 0.000000519. The molecule has 0 aromatic heterocycles. The lowest BCUT2D eigenvalue weighted by Gasteiger charge is -2.44. The van der Waals surface area contributed by atoms with E-state index in [1.165, 1.54) is 0 Å². The summed E-state index contributed by atoms with van der Waals surface area (Å²) in [5.41, 5.74) is 4.33. The highest BCUT2D eigenvalue weighted by Gasteiger charge is 2.42. The Bertz CT molecular complexity index is 1840. The van der Waals surface area contributed by atoms with Crippen molar-refractivity contribution in [2.24, 2.45) is 29.4 Å². The number of nitrogens with two attached hydrogens (primary N) is 1. The zero-order valence-electron chi connectivity index (χ0n) is 46.5. The van der Waals surface area contributed by atoms with E-state index in [-0.39, 0.29) is 82.5 Å². The molecule has 4 fully saturated rings. The zero-order valence-corrected chi connectivity index (χ0v) is 50.5. The van der Waals surface area contributed by atoms with E-state index < -0.39 is 22.8 Å². The van der Waals surface area contributed by atoms with Gasteiger partial charge in [0, 0.05) is 100 Å². The van der Waals surface area contributed by atoms with Crippen molar-refractivity contribution in [2.45, 2.75) is 195 Å². The minimum atomic E-state index is -0.551. The third-order valence-electron chi connectivity index (χ3n) is 12.4. The van der Waals surface area contributed by atoms with Crippen LogP contribution < -0.4 is 5.73 Å². The van der Waals surface area contributed by atoms with Crippen LogP contribution in [0.15, 0.2) is 0 Å². The van der Waals surface area contributed by atoms with Crippen molar-refractivity contribution in [3.8, 4) is 0 Å². The summed E-state index contributed by atoms with van der Waals surface area (Å²) in [7, 11) is 0. The summed E-state index contributed by atoms with van der Waals surface area (Å²) in [6.07, 6.45) is 8.16. The first-order valence-electron chi connectivity index (χ1n) is 26.3. The van der Waals surface area contributed by atoms with E-state index >= 15 is 0 Å². The lowest BCUT2D eigenvalue weighted by atomic mass is 9.79. The summed E-state index contributed by atoms with van der Waals surface area (Å²) in [5.74, 6) is -0.552. The molecular formula is C53H90Br2ClN5O13. The van der Waals surface area contributed by atoms with Crippen molar-refractivity contribution in [1.29, 1.82) is 0 Å². The van der Waals surface area contributed by atoms with Crippen LogP contribution in [0.25, 0.3) is 0 Å². The van der Waals surface area contributed by atoms with E-state index in [4.69, 9.17) is 36.3 Å². The minimum Gasteiger partial charge on any atom is -0.466 e. The molecule has 0 aliphatic carbocycles. The van der Waals surface area contributed by atoms with E-state index in [0.29, 0.717) is 97.4 Å². The predicted octanol–water partition coefficient (Wildman–Crippen LogP) is 9.64. The van der Waals surface area contributed by atoms with Crippen LogP contribution in [-0.4, -0.2) is 164 Å². The van der Waals surface area contributed by atoms with E-state index in [0.717, 1.165) is 49.2 Å². The standard InChI is InChI=1S/C18H30BrNO4.C17H28N2O4.C13H24N2O4.C5H8BrClO/c1-13(21)16-8-10-20(17(23)24-18(2,3)4)12-14(16)11-15(22)7-5-6-9-19;1-12(20)13-8-10-18(16(22)23-17(2,3)4)11-14(13)19-9-6-5-7-15(19)21;1-5-18-11(16)9-6-7-15(8-10(9)14)12(17)19-13(2,3)4;6-4-2-1-3-5(7)8/h14,16H,5-12H2,1-4H3;13-14H,5-11H2,1-4H3;9-10H,5-8,14H2,1-4H3;1-4H2/t14-,16+;13-,14+;9-,10-;/m010./s1. The van der Waals surface area contributed by atoms with E-state index in [2.05, 4.69) is 31.9 Å². The molecule has 0 bridgehead atoms. The van der Waals surface area contributed by atoms with Gasteiger partial charge in [-0.2, -0.15) is 0 Å². The molecule has 4 aliphatic rings. The van der Waals surface area contributed by atoms with Crippen LogP contribution in [0.4, 0.5) is 14.4 Å². The summed E-state index contributed by atoms with van der Waals surface area (Å²) in [4.78, 5) is 113. The maximum atomic E-state index is 12.3. The lowest BCUT2D eigenvalue weighted by Crippen LogP contribution is -2.58. The van der Waals surface area contributed by atoms with Gasteiger partial charge in [-0.3, -0.25) is 28.8 Å². The number of rotatable bonds is 15. The minimum absolute atomic E-state index is 0.0946. The summed E-state index contributed by atoms with van der Waals surface area (Å²) in [6.45, 7) is 25.0. The molecule has 426 valence electrons. The third-order valence-corrected chi connectivity index (χ3v) is 13.7. The summed E-state index contributed by atoms with van der Waals surface area (Å²) < 4.78 is 21.1. The third kappa shape index (κ3) is 27.6. The predicted molar refractivity (Wildman–Crippen MR) is 292 cm³/mol. The molecule has 2 N–H and O–H groups in total. The van der Waals surface area contributed by atoms with Gasteiger partial charge in [-0.05, 0) is 158 Å². The molecule has 4 aliphatic heterocycles. The fraction of sp³-hybridized carbons (Fsp3) is 0.830. The van der Waals surface area contributed by atoms with E-state index in [9.17, 15) is 43.2 Å². The first-order valence-corrected chi connectivity index (χ1v) is 28.9. The molecule has 0 aromatic rings. The highest BCUT2D eigenvalue weighted by molar-refractivity contribution is 9.09. The Kier molecular flexibility index (Phi) is 31.3. The van der Waals surface area contributed by atoms with Gasteiger partial charge < -0.3 is 44.3 Å². The van der Waals surface area contributed by atoms with Crippen molar-refractivity contribution in [3.63, 3.8) is 0 Å². The number of esters is 1. The van der Waals surface area contributed by atoms with Crippen LogP contribution in [0.3, 0.4) is 0 Å². The number of carbonyl (C=O) groups is 9. The highest BCUT2D eigenvalue weighted by Crippen LogP contribution is 2.30. The number of hydrogen-bond acceptors (Lipinski definition) is 14. The molecule has 4 amide bonds. The molecule has 74 heavy (non-hydrogen) atoms. The molecular weight excluding hydrogens is 1110 g/mol. The molecule has 21 heteroatoms. The molecule has 0 unspecified atom stereocenters. The molecule has 6 atom stereocenters. The molecule has 0 aromatic carbocycles. The van der Waals surface area contributed by atoms with Crippen molar-refractivity contribution >= 4 is 96.2 Å². The Hall–Kier alpha value is -3.36. The first kappa shape index (κ1) is 68.7. The van der Waals surface area contributed by atoms with Crippen molar-refractivity contribution in [1.82, 2.24) is 19.6 Å². The van der Waals surface area contributed by atoms with E-state index in [1.807, 2.05) is 67.2 Å². The number of unbranched alkanes of at least 4 members (excludes halogenated alkanes) is 2. The number of hydrogen-bond donors (Lipinski definition) is 1. The Morgan fingerprint density at radius 2 is 1.07 bits per heavy atom. The number of halogens is 3. The molecule has 4 heterocycles. The monoisotopic (exact) mass is 1200 g/mol. The number of alkyl halides is 2. The van der Waals surface area contributed by atoms with Crippen LogP contribution >= 0.6 is 43.5 Å². The molecule has 4 rings (SSSR count). The largest absolute Gasteiger partial charge is 0.466 e. The lowest BCUT2D eigenvalue weighted by molar-refractivity contribution is -0.150. The van der Waals surface area contributed by atoms with Crippen LogP contribution in [-0.2, 0) is 47.7 Å². The topological polar surface area (TPSA) is 230 Å². The van der Waals surface area contributed by atoms with E-state index in [1.54, 1.807) is 35.5 Å². The van der Waals surface area contributed by atoms with Crippen LogP contribution in [0.1, 0.15) is 167 Å². The quantitative estimate of drug-likeness (QED) is 0.0529. The summed E-state index contributed by atoms with van der Waals surface area (Å²) >= 11 is 11.7. The molecule has 0 radical (unpaired) electrons. The highest BCUT2D eigenvalue weighted by atomic mass is 79.9. The van der Waals surface area contributed by atoms with Gasteiger partial charge in [-0.25, -0.2) is 14.4 Å². The zero-order chi connectivity index (χ0) is 56.6. The molecule has 0 spiro atoms. The van der Waals surface area contributed by atoms with Gasteiger partial charge in [0.05, 0.1) is 18.6 Å². The van der Waals surface area contributed by atoms with Crippen LogP contribution in [0.5, 0.6) is 0 Å². The van der Waals surface area contributed by atoms with Crippen molar-refractivity contribution in [3.05, 3.63) is 0 Å². The fourth-order valence-electron chi connectivity index (χ4n) is 8.84. The Labute approximate surface area is 463 Å². The first-order chi connectivity index (χ1) is 34.3. The number of ketones is 3. The van der Waals surface area contributed by atoms with Gasteiger partial charge >= 0.3 is 24.2 Å². The Morgan fingerprint density at radius 1 is 0.622 bits per heavy atom. The second-order valence-electron chi connectivity index (χ2n) is 22.4. The second kappa shape index (κ2) is 33.7. The normalized spacial score (nSPS) is 22.2.